The van der Waals surface area contributed by atoms with E-state index in [1.54, 1.807) is 6.07 Å². The summed E-state index contributed by atoms with van der Waals surface area (Å²) in [4.78, 5) is 46.8. The van der Waals surface area contributed by atoms with E-state index in [4.69, 9.17) is 5.11 Å². The lowest BCUT2D eigenvalue weighted by atomic mass is 10.2. The smallest absolute Gasteiger partial charge is 0.305 e. The molecule has 126 valence electrons. The zero-order valence-corrected chi connectivity index (χ0v) is 13.1. The lowest BCUT2D eigenvalue weighted by Crippen LogP contribution is -2.40. The van der Waals surface area contributed by atoms with Crippen LogP contribution in [0, 0.1) is 5.82 Å². The number of amides is 3. The van der Waals surface area contributed by atoms with Crippen molar-refractivity contribution in [2.75, 3.05) is 13.1 Å². The normalized spacial score (nSPS) is 15.9. The first-order chi connectivity index (χ1) is 11.4. The number of carboxylic acid groups (broad SMARTS) is 1. The Morgan fingerprint density at radius 3 is 2.67 bits per heavy atom. The van der Waals surface area contributed by atoms with E-state index in [1.165, 1.54) is 24.3 Å². The van der Waals surface area contributed by atoms with Gasteiger partial charge in [-0.25, -0.2) is 4.39 Å². The Morgan fingerprint density at radius 2 is 2.00 bits per heavy atom. The van der Waals surface area contributed by atoms with Gasteiger partial charge in [-0.3, -0.25) is 24.1 Å². The van der Waals surface area contributed by atoms with Crippen molar-refractivity contribution < 1.29 is 28.7 Å². The molecule has 0 unspecified atom stereocenters. The number of hydrogen-bond donors (Lipinski definition) is 2. The van der Waals surface area contributed by atoms with Crippen molar-refractivity contribution in [1.82, 2.24) is 10.2 Å². The number of carbonyl (C=O) groups excluding carboxylic acids is 3. The minimum Gasteiger partial charge on any atom is -0.481 e. The van der Waals surface area contributed by atoms with Gasteiger partial charge < -0.3 is 10.4 Å². The van der Waals surface area contributed by atoms with Gasteiger partial charge in [-0.2, -0.15) is 0 Å². The van der Waals surface area contributed by atoms with Gasteiger partial charge in [-0.1, -0.05) is 18.2 Å². The van der Waals surface area contributed by atoms with E-state index in [0.29, 0.717) is 11.8 Å². The molecular weight excluding hydrogens is 339 g/mol. The maximum Gasteiger partial charge on any atom is 0.305 e. The predicted octanol–water partition coefficient (Wildman–Crippen LogP) is 1.45. The number of imide groups is 1. The van der Waals surface area contributed by atoms with Crippen LogP contribution in [-0.2, 0) is 14.4 Å². The summed E-state index contributed by atoms with van der Waals surface area (Å²) in [5, 5.41) is 10.1. The molecule has 2 rings (SSSR count). The number of benzene rings is 1. The molecule has 1 heterocycles. The van der Waals surface area contributed by atoms with Crippen LogP contribution in [-0.4, -0.2) is 46.1 Å². The van der Waals surface area contributed by atoms with Crippen molar-refractivity contribution in [2.45, 2.75) is 6.42 Å². The quantitative estimate of drug-likeness (QED) is 0.751. The third-order valence-electron chi connectivity index (χ3n) is 3.03. The van der Waals surface area contributed by atoms with Crippen molar-refractivity contribution in [3.8, 4) is 0 Å². The Labute approximate surface area is 140 Å². The van der Waals surface area contributed by atoms with Gasteiger partial charge in [0.25, 0.3) is 11.1 Å². The second-order valence-electron chi connectivity index (χ2n) is 4.78. The summed E-state index contributed by atoms with van der Waals surface area (Å²) in [5.41, 5.74) is 0.161. The van der Waals surface area contributed by atoms with Crippen molar-refractivity contribution in [1.29, 1.82) is 0 Å². The summed E-state index contributed by atoms with van der Waals surface area (Å²) in [5.74, 6) is -2.95. The fourth-order valence-electron chi connectivity index (χ4n) is 1.88. The molecule has 9 heteroatoms. The van der Waals surface area contributed by atoms with Crippen LogP contribution >= 0.6 is 11.8 Å². The fraction of sp³-hybridized carbons (Fsp3) is 0.200. The summed E-state index contributed by atoms with van der Waals surface area (Å²) in [6.07, 6.45) is 0.989. The van der Waals surface area contributed by atoms with Gasteiger partial charge in [-0.05, 0) is 23.9 Å². The van der Waals surface area contributed by atoms with Crippen LogP contribution in [0.3, 0.4) is 0 Å². The molecule has 3 amide bonds. The van der Waals surface area contributed by atoms with E-state index >= 15 is 0 Å². The Balaban J connectivity index is 2.02. The van der Waals surface area contributed by atoms with Gasteiger partial charge in [0.2, 0.25) is 5.91 Å². The molecular formula is C15H13FN2O5S. The zero-order valence-electron chi connectivity index (χ0n) is 12.3. The summed E-state index contributed by atoms with van der Waals surface area (Å²) in [7, 11) is 0. The SMILES string of the molecule is O=C(O)CCNC(=O)CN1C(=O)S/C(=C\c2ccccc2F)C1=O. The first-order valence-corrected chi connectivity index (χ1v) is 7.68. The summed E-state index contributed by atoms with van der Waals surface area (Å²) in [6.45, 7) is -0.617. The lowest BCUT2D eigenvalue weighted by molar-refractivity contribution is -0.137. The molecule has 1 aromatic rings. The fourth-order valence-corrected chi connectivity index (χ4v) is 2.71. The van der Waals surface area contributed by atoms with Crippen molar-refractivity contribution in [3.05, 3.63) is 40.6 Å². The summed E-state index contributed by atoms with van der Waals surface area (Å²) in [6, 6.07) is 5.78. The highest BCUT2D eigenvalue weighted by molar-refractivity contribution is 8.18. The summed E-state index contributed by atoms with van der Waals surface area (Å²) < 4.78 is 13.6. The molecule has 0 aliphatic carbocycles. The molecule has 0 atom stereocenters. The highest BCUT2D eigenvalue weighted by Crippen LogP contribution is 2.32. The number of aliphatic carboxylic acids is 1. The third-order valence-corrected chi connectivity index (χ3v) is 3.94. The highest BCUT2D eigenvalue weighted by Gasteiger charge is 2.36. The van der Waals surface area contributed by atoms with E-state index in [0.717, 1.165) is 4.90 Å². The number of carboxylic acids is 1. The maximum absolute atomic E-state index is 13.6. The molecule has 0 radical (unpaired) electrons. The Morgan fingerprint density at radius 1 is 1.29 bits per heavy atom. The first-order valence-electron chi connectivity index (χ1n) is 6.87. The van der Waals surface area contributed by atoms with Crippen LogP contribution in [0.2, 0.25) is 0 Å². The number of nitrogens with one attached hydrogen (secondary N) is 1. The van der Waals surface area contributed by atoms with E-state index < -0.39 is 35.4 Å². The lowest BCUT2D eigenvalue weighted by Gasteiger charge is -2.11. The van der Waals surface area contributed by atoms with Gasteiger partial charge in [-0.15, -0.1) is 0 Å². The largest absolute Gasteiger partial charge is 0.481 e. The Bertz CT molecular complexity index is 734. The Hall–Kier alpha value is -2.68. The van der Waals surface area contributed by atoms with Crippen LogP contribution in [0.5, 0.6) is 0 Å². The van der Waals surface area contributed by atoms with Crippen LogP contribution in [0.25, 0.3) is 6.08 Å². The van der Waals surface area contributed by atoms with Crippen molar-refractivity contribution in [2.24, 2.45) is 0 Å². The van der Waals surface area contributed by atoms with Crippen LogP contribution in [0.15, 0.2) is 29.2 Å². The average Bonchev–Trinajstić information content (AvgIpc) is 2.77. The van der Waals surface area contributed by atoms with Crippen LogP contribution in [0.1, 0.15) is 12.0 Å². The van der Waals surface area contributed by atoms with Crippen LogP contribution in [0.4, 0.5) is 9.18 Å². The standard InChI is InChI=1S/C15H13FN2O5S/c16-10-4-2-1-3-9(10)7-11-14(22)18(15(23)24-11)8-12(19)17-6-5-13(20)21/h1-4,7H,5-6,8H2,(H,17,19)(H,20,21)/b11-7-. The zero-order chi connectivity index (χ0) is 17.7. The molecule has 0 spiro atoms. The minimum absolute atomic E-state index is 0.0171. The monoisotopic (exact) mass is 352 g/mol. The van der Waals surface area contributed by atoms with E-state index in [2.05, 4.69) is 5.32 Å². The second-order valence-corrected chi connectivity index (χ2v) is 5.78. The van der Waals surface area contributed by atoms with E-state index in [1.807, 2.05) is 0 Å². The number of nitrogens with zero attached hydrogens (tertiary/aromatic N) is 1. The average molecular weight is 352 g/mol. The molecule has 1 fully saturated rings. The minimum atomic E-state index is -1.07. The molecule has 1 aliphatic heterocycles. The molecule has 7 nitrogen and oxygen atoms in total. The topological polar surface area (TPSA) is 104 Å². The number of halogens is 1. The van der Waals surface area contributed by atoms with Gasteiger partial charge in [0.1, 0.15) is 12.4 Å². The molecule has 24 heavy (non-hydrogen) atoms. The van der Waals surface area contributed by atoms with E-state index in [9.17, 15) is 23.6 Å². The van der Waals surface area contributed by atoms with Gasteiger partial charge in [0.15, 0.2) is 0 Å². The molecule has 1 aromatic carbocycles. The second kappa shape index (κ2) is 7.73. The number of thioether (sulfide) groups is 1. The Kier molecular flexibility index (Phi) is 5.69. The molecule has 0 bridgehead atoms. The predicted molar refractivity (Wildman–Crippen MR) is 84.3 cm³/mol. The van der Waals surface area contributed by atoms with Gasteiger partial charge >= 0.3 is 5.97 Å². The number of rotatable bonds is 6. The molecule has 0 aromatic heterocycles. The van der Waals surface area contributed by atoms with Gasteiger partial charge in [0, 0.05) is 12.1 Å². The maximum atomic E-state index is 13.6. The highest BCUT2D eigenvalue weighted by atomic mass is 32.2. The van der Waals surface area contributed by atoms with Crippen molar-refractivity contribution in [3.63, 3.8) is 0 Å². The first kappa shape index (κ1) is 17.7. The third kappa shape index (κ3) is 4.42. The van der Waals surface area contributed by atoms with Crippen molar-refractivity contribution >= 4 is 40.9 Å². The van der Waals surface area contributed by atoms with Crippen LogP contribution < -0.4 is 5.32 Å². The van der Waals surface area contributed by atoms with E-state index in [-0.39, 0.29) is 23.4 Å². The molecule has 2 N–H and O–H groups in total. The number of carbonyl (C=O) groups is 4. The summed E-state index contributed by atoms with van der Waals surface area (Å²) >= 11 is 0.614. The molecule has 1 saturated heterocycles. The number of hydrogen-bond acceptors (Lipinski definition) is 5. The molecule has 0 saturated carbocycles. The van der Waals surface area contributed by atoms with Gasteiger partial charge in [0.05, 0.1) is 11.3 Å². The molecule has 1 aliphatic rings.